The van der Waals surface area contributed by atoms with Gasteiger partial charge in [-0.05, 0) is 49.4 Å². The molecule has 0 radical (unpaired) electrons. The van der Waals surface area contributed by atoms with Crippen LogP contribution in [0, 0.1) is 23.7 Å². The molecule has 97 heavy (non-hydrogen) atoms. The predicted octanol–water partition coefficient (Wildman–Crippen LogP) is 22.8. The van der Waals surface area contributed by atoms with Crippen molar-refractivity contribution >= 4 is 39.5 Å². The summed E-state index contributed by atoms with van der Waals surface area (Å²) in [6.07, 6.45) is 52.6. The zero-order valence-electron chi connectivity index (χ0n) is 63.7. The molecular weight excluding hydrogens is 1270 g/mol. The predicted molar refractivity (Wildman–Crippen MR) is 395 cm³/mol. The number of esters is 4. The molecule has 0 fully saturated rings. The van der Waals surface area contributed by atoms with Gasteiger partial charge in [-0.2, -0.15) is 0 Å². The fourth-order valence-corrected chi connectivity index (χ4v) is 13.4. The fraction of sp³-hybridized carbons (Fsp3) is 0.949. The van der Waals surface area contributed by atoms with Gasteiger partial charge in [0.1, 0.15) is 19.3 Å². The Bertz CT molecular complexity index is 1910. The van der Waals surface area contributed by atoms with Crippen LogP contribution >= 0.6 is 15.6 Å². The maximum Gasteiger partial charge on any atom is 0.472 e. The summed E-state index contributed by atoms with van der Waals surface area (Å²) >= 11 is 0. The van der Waals surface area contributed by atoms with E-state index in [4.69, 9.17) is 37.0 Å². The van der Waals surface area contributed by atoms with Crippen LogP contribution in [0.25, 0.3) is 0 Å². The molecule has 8 atom stereocenters. The fourth-order valence-electron chi connectivity index (χ4n) is 11.8. The topological polar surface area (TPSA) is 237 Å². The highest BCUT2D eigenvalue weighted by atomic mass is 31.2. The van der Waals surface area contributed by atoms with Gasteiger partial charge < -0.3 is 33.8 Å². The Hall–Kier alpha value is -1.94. The van der Waals surface area contributed by atoms with E-state index in [9.17, 15) is 43.2 Å². The molecule has 0 aliphatic carbocycles. The van der Waals surface area contributed by atoms with Gasteiger partial charge in [0.2, 0.25) is 0 Å². The molecule has 0 amide bonds. The Labute approximate surface area is 594 Å². The van der Waals surface area contributed by atoms with E-state index in [2.05, 4.69) is 55.4 Å². The Morgan fingerprint density at radius 3 is 0.732 bits per heavy atom. The number of hydrogen-bond acceptors (Lipinski definition) is 15. The van der Waals surface area contributed by atoms with E-state index in [1.807, 2.05) is 0 Å². The largest absolute Gasteiger partial charge is 0.472 e. The van der Waals surface area contributed by atoms with Gasteiger partial charge in [0.25, 0.3) is 0 Å². The van der Waals surface area contributed by atoms with Gasteiger partial charge in [-0.25, -0.2) is 9.13 Å². The van der Waals surface area contributed by atoms with Crippen LogP contribution in [0.5, 0.6) is 0 Å². The van der Waals surface area contributed by atoms with Gasteiger partial charge in [0, 0.05) is 25.7 Å². The number of hydrogen-bond donors (Lipinski definition) is 3. The number of unbranched alkanes of at least 4 members (excludes halogenated alkanes) is 38. The highest BCUT2D eigenvalue weighted by Crippen LogP contribution is 2.45. The first-order valence-electron chi connectivity index (χ1n) is 40.3. The van der Waals surface area contributed by atoms with Crippen molar-refractivity contribution in [2.75, 3.05) is 39.6 Å². The maximum atomic E-state index is 13.1. The minimum absolute atomic E-state index is 0.105. The summed E-state index contributed by atoms with van der Waals surface area (Å²) in [7, 11) is -9.92. The van der Waals surface area contributed by atoms with Crippen molar-refractivity contribution in [2.24, 2.45) is 23.7 Å². The molecular formula is C78H152O17P2. The van der Waals surface area contributed by atoms with Crippen LogP contribution in [-0.4, -0.2) is 96.7 Å². The second kappa shape index (κ2) is 67.2. The van der Waals surface area contributed by atoms with E-state index in [1.165, 1.54) is 193 Å². The number of ether oxygens (including phenoxy) is 4. The third-order valence-corrected chi connectivity index (χ3v) is 21.1. The average Bonchev–Trinajstić information content (AvgIpc) is 1.37. The van der Waals surface area contributed by atoms with Crippen molar-refractivity contribution in [2.45, 2.75) is 414 Å². The molecule has 5 unspecified atom stereocenters. The lowest BCUT2D eigenvalue weighted by Gasteiger charge is -2.21. The number of phosphoric acid groups is 2. The van der Waals surface area contributed by atoms with E-state index < -0.39 is 97.5 Å². The Morgan fingerprint density at radius 1 is 0.289 bits per heavy atom. The molecule has 576 valence electrons. The minimum atomic E-state index is -4.96. The van der Waals surface area contributed by atoms with Gasteiger partial charge in [0.05, 0.1) is 26.4 Å². The maximum absolute atomic E-state index is 13.1. The first-order chi connectivity index (χ1) is 46.7. The monoisotopic (exact) mass is 1420 g/mol. The highest BCUT2D eigenvalue weighted by Gasteiger charge is 2.30. The van der Waals surface area contributed by atoms with Crippen LogP contribution in [0.2, 0.25) is 0 Å². The smallest absolute Gasteiger partial charge is 0.462 e. The number of rotatable bonds is 75. The Kier molecular flexibility index (Phi) is 65.9. The molecule has 19 heteroatoms. The zero-order chi connectivity index (χ0) is 71.7. The molecule has 0 rings (SSSR count). The van der Waals surface area contributed by atoms with Crippen LogP contribution in [0.4, 0.5) is 0 Å². The van der Waals surface area contributed by atoms with Crippen molar-refractivity contribution in [1.82, 2.24) is 0 Å². The van der Waals surface area contributed by atoms with Gasteiger partial charge in [-0.3, -0.25) is 37.3 Å². The average molecular weight is 1420 g/mol. The summed E-state index contributed by atoms with van der Waals surface area (Å²) < 4.78 is 68.6. The molecule has 0 heterocycles. The molecule has 0 aliphatic heterocycles. The van der Waals surface area contributed by atoms with Crippen molar-refractivity contribution in [3.05, 3.63) is 0 Å². The van der Waals surface area contributed by atoms with Crippen molar-refractivity contribution < 1.29 is 80.2 Å². The van der Waals surface area contributed by atoms with E-state index in [-0.39, 0.29) is 25.7 Å². The summed E-state index contributed by atoms with van der Waals surface area (Å²) in [5.74, 6) is 1.03. The van der Waals surface area contributed by atoms with Gasteiger partial charge >= 0.3 is 39.5 Å². The molecule has 0 aromatic carbocycles. The summed E-state index contributed by atoms with van der Waals surface area (Å²) in [6, 6.07) is 0. The molecule has 0 bridgehead atoms. The molecule has 0 saturated carbocycles. The zero-order valence-corrected chi connectivity index (χ0v) is 65.5. The number of carbonyl (C=O) groups excluding carboxylic acids is 4. The summed E-state index contributed by atoms with van der Waals surface area (Å²) in [5, 5.41) is 10.6. The summed E-state index contributed by atoms with van der Waals surface area (Å²) in [6.45, 7) is 14.3. The first kappa shape index (κ1) is 95.1. The van der Waals surface area contributed by atoms with Crippen molar-refractivity contribution in [1.29, 1.82) is 0 Å². The normalized spacial score (nSPS) is 14.9. The van der Waals surface area contributed by atoms with Gasteiger partial charge in [0.15, 0.2) is 12.2 Å². The van der Waals surface area contributed by atoms with Crippen LogP contribution in [0.1, 0.15) is 396 Å². The SMILES string of the molecule is CCC(C)CCCCCCCCCCCCC(=O)O[C@H](COC(=O)CCCCCCCCCCCCCCCCCCC(C)C)COP(=O)(O)OC[C@@H](O)COP(=O)(O)OC[C@@H](COC(=O)CCCCCCCCC(C)CC)OC(=O)CCCCCCCCCCCCC(C)CC. The second-order valence-electron chi connectivity index (χ2n) is 29.3. The summed E-state index contributed by atoms with van der Waals surface area (Å²) in [4.78, 5) is 72.9. The lowest BCUT2D eigenvalue weighted by atomic mass is 9.99. The molecule has 0 spiro atoms. The Balaban J connectivity index is 5.24. The van der Waals surface area contributed by atoms with Crippen molar-refractivity contribution in [3.63, 3.8) is 0 Å². The first-order valence-corrected chi connectivity index (χ1v) is 43.3. The lowest BCUT2D eigenvalue weighted by molar-refractivity contribution is -0.161. The number of carbonyl (C=O) groups is 4. The van der Waals surface area contributed by atoms with E-state index in [0.717, 1.165) is 120 Å². The molecule has 17 nitrogen and oxygen atoms in total. The van der Waals surface area contributed by atoms with Crippen LogP contribution in [0.15, 0.2) is 0 Å². The van der Waals surface area contributed by atoms with Crippen molar-refractivity contribution in [3.8, 4) is 0 Å². The third kappa shape index (κ3) is 68.3. The molecule has 3 N–H and O–H groups in total. The summed E-state index contributed by atoms with van der Waals surface area (Å²) in [5.41, 5.74) is 0. The van der Waals surface area contributed by atoms with Gasteiger partial charge in [-0.1, -0.05) is 344 Å². The van der Waals surface area contributed by atoms with E-state index in [1.54, 1.807) is 0 Å². The minimum Gasteiger partial charge on any atom is -0.462 e. The third-order valence-electron chi connectivity index (χ3n) is 19.2. The van der Waals surface area contributed by atoms with Crippen LogP contribution in [0.3, 0.4) is 0 Å². The van der Waals surface area contributed by atoms with E-state index in [0.29, 0.717) is 25.7 Å². The lowest BCUT2D eigenvalue weighted by Crippen LogP contribution is -2.30. The van der Waals surface area contributed by atoms with Crippen LogP contribution < -0.4 is 0 Å². The number of phosphoric ester groups is 2. The number of aliphatic hydroxyl groups excluding tert-OH is 1. The molecule has 0 aromatic heterocycles. The molecule has 0 aromatic rings. The molecule has 0 saturated heterocycles. The standard InChI is InChI=1S/C78H152O17P2/c1-9-69(6)55-47-39-31-25-20-22-28-34-44-52-60-77(82)94-73(64-88-75(80)58-50-42-33-27-19-17-15-13-12-14-16-18-24-30-38-46-54-68(4)5)66-92-96(84,85)90-62-72(79)63-91-97(86,87)93-67-74(65-89-76(81)59-51-43-37-36-41-49-57-71(8)11-3)95-78(83)61-53-45-35-29-23-21-26-32-40-48-56-70(7)10-2/h68-74,79H,9-67H2,1-8H3,(H,84,85)(H,86,87)/t69?,70?,71?,72-,73-,74-/m1/s1. The molecule has 0 aliphatic rings. The van der Waals surface area contributed by atoms with Gasteiger partial charge in [-0.15, -0.1) is 0 Å². The Morgan fingerprint density at radius 2 is 0.495 bits per heavy atom. The highest BCUT2D eigenvalue weighted by molar-refractivity contribution is 7.47. The van der Waals surface area contributed by atoms with Crippen LogP contribution in [-0.2, 0) is 65.4 Å². The second-order valence-corrected chi connectivity index (χ2v) is 32.2. The van der Waals surface area contributed by atoms with E-state index >= 15 is 0 Å². The quantitative estimate of drug-likeness (QED) is 0.0222. The number of aliphatic hydroxyl groups is 1.